The third kappa shape index (κ3) is 4.39. The molecule has 0 fully saturated rings. The number of halogens is 1. The first-order valence-corrected chi connectivity index (χ1v) is 9.70. The molecule has 8 heteroatoms. The monoisotopic (exact) mass is 417 g/mol. The third-order valence-electron chi connectivity index (χ3n) is 4.26. The van der Waals surface area contributed by atoms with Crippen molar-refractivity contribution in [3.05, 3.63) is 75.1 Å². The van der Waals surface area contributed by atoms with E-state index in [2.05, 4.69) is 5.32 Å². The van der Waals surface area contributed by atoms with E-state index in [0.29, 0.717) is 16.1 Å². The summed E-state index contributed by atoms with van der Waals surface area (Å²) in [5.74, 6) is -1.13. The van der Waals surface area contributed by atoms with E-state index in [1.165, 1.54) is 29.7 Å². The molecule has 1 amide bonds. The standard InChI is InChI=1S/C20H17ClN2O4S/c1-12(24)19(17-11-28-18-6-5-14(21)10-16(17)18)20(25)22-8-7-13-3-2-4-15(9-13)23(26)27/h2-12,19,24H,1H3,(H-,22,25,26,27)/p+1/b8-7+. The summed E-state index contributed by atoms with van der Waals surface area (Å²) in [7, 11) is 0. The van der Waals surface area contributed by atoms with Crippen LogP contribution in [0.15, 0.2) is 54.0 Å². The number of carbonyl (C=O) groups is 1. The van der Waals surface area contributed by atoms with E-state index >= 15 is 0 Å². The van der Waals surface area contributed by atoms with Gasteiger partial charge in [0.15, 0.2) is 0 Å². The van der Waals surface area contributed by atoms with Crippen LogP contribution in [-0.4, -0.2) is 27.2 Å². The maximum Gasteiger partial charge on any atom is 0.317 e. The van der Waals surface area contributed by atoms with Gasteiger partial charge in [-0.3, -0.25) is 4.79 Å². The van der Waals surface area contributed by atoms with Gasteiger partial charge in [0.2, 0.25) is 5.91 Å². The molecule has 0 spiro atoms. The lowest BCUT2D eigenvalue weighted by atomic mass is 9.93. The summed E-state index contributed by atoms with van der Waals surface area (Å²) in [5.41, 5.74) is 1.42. The molecule has 3 aromatic rings. The van der Waals surface area contributed by atoms with Gasteiger partial charge in [-0.2, -0.15) is 0 Å². The van der Waals surface area contributed by atoms with Gasteiger partial charge < -0.3 is 10.4 Å². The van der Waals surface area contributed by atoms with Crippen molar-refractivity contribution < 1.29 is 20.0 Å². The van der Waals surface area contributed by atoms with Crippen LogP contribution in [0.5, 0.6) is 0 Å². The minimum atomic E-state index is -0.906. The van der Waals surface area contributed by atoms with Crippen LogP contribution in [0.2, 0.25) is 5.02 Å². The van der Waals surface area contributed by atoms with Crippen LogP contribution >= 0.6 is 22.9 Å². The SMILES string of the molecule is CC(O)C(C(=O)N/C=C/c1cccc([N+](=O)O)c1)c1csc2ccc(Cl)cc12. The van der Waals surface area contributed by atoms with Crippen molar-refractivity contribution in [3.8, 4) is 0 Å². The Morgan fingerprint density at radius 1 is 1.29 bits per heavy atom. The number of aliphatic hydroxyl groups excluding tert-OH is 1. The molecule has 0 saturated heterocycles. The molecule has 28 heavy (non-hydrogen) atoms. The maximum absolute atomic E-state index is 12.7. The van der Waals surface area contributed by atoms with Crippen LogP contribution in [0.3, 0.4) is 0 Å². The highest BCUT2D eigenvalue weighted by atomic mass is 35.5. The van der Waals surface area contributed by atoms with Crippen molar-refractivity contribution in [2.45, 2.75) is 18.9 Å². The topological polar surface area (TPSA) is 89.6 Å². The summed E-state index contributed by atoms with van der Waals surface area (Å²) >= 11 is 7.57. The first-order chi connectivity index (χ1) is 13.4. The lowest BCUT2D eigenvalue weighted by molar-refractivity contribution is -0.729. The van der Waals surface area contributed by atoms with E-state index in [1.807, 2.05) is 11.4 Å². The molecular formula is C20H18ClN2O4S+. The summed E-state index contributed by atoms with van der Waals surface area (Å²) in [6.07, 6.45) is 2.12. The molecule has 3 N–H and O–H groups in total. The molecule has 0 saturated carbocycles. The number of amides is 1. The Morgan fingerprint density at radius 3 is 2.79 bits per heavy atom. The second-order valence-corrected chi connectivity index (χ2v) is 7.61. The molecule has 0 aliphatic carbocycles. The number of benzene rings is 2. The van der Waals surface area contributed by atoms with Crippen molar-refractivity contribution in [2.24, 2.45) is 0 Å². The largest absolute Gasteiger partial charge is 0.392 e. The van der Waals surface area contributed by atoms with E-state index in [4.69, 9.17) is 16.8 Å². The van der Waals surface area contributed by atoms with Gasteiger partial charge in [0.25, 0.3) is 4.92 Å². The first-order valence-electron chi connectivity index (χ1n) is 8.44. The van der Waals surface area contributed by atoms with Crippen molar-refractivity contribution >= 4 is 50.7 Å². The Balaban J connectivity index is 1.81. The molecule has 2 atom stereocenters. The van der Waals surface area contributed by atoms with E-state index < -0.39 is 12.0 Å². The molecular weight excluding hydrogens is 400 g/mol. The fourth-order valence-corrected chi connectivity index (χ4v) is 4.09. The number of hydrogen-bond donors (Lipinski definition) is 3. The fraction of sp³-hybridized carbons (Fsp3) is 0.150. The van der Waals surface area contributed by atoms with Gasteiger partial charge in [0, 0.05) is 28.1 Å². The molecule has 144 valence electrons. The quantitative estimate of drug-likeness (QED) is 0.511. The summed E-state index contributed by atoms with van der Waals surface area (Å²) in [4.78, 5) is 23.4. The van der Waals surface area contributed by atoms with E-state index in [0.717, 1.165) is 10.1 Å². The summed E-state index contributed by atoms with van der Waals surface area (Å²) in [5, 5.41) is 25.1. The normalized spacial score (nSPS) is 13.5. The van der Waals surface area contributed by atoms with Crippen LogP contribution in [0, 0.1) is 4.91 Å². The van der Waals surface area contributed by atoms with Crippen molar-refractivity contribution in [1.82, 2.24) is 5.32 Å². The Labute approximate surface area is 170 Å². The predicted molar refractivity (Wildman–Crippen MR) is 110 cm³/mol. The highest BCUT2D eigenvalue weighted by Crippen LogP contribution is 2.35. The Morgan fingerprint density at radius 2 is 2.07 bits per heavy atom. The minimum absolute atomic E-state index is 0.0805. The highest BCUT2D eigenvalue weighted by molar-refractivity contribution is 7.17. The van der Waals surface area contributed by atoms with Crippen LogP contribution in [0.1, 0.15) is 24.0 Å². The molecule has 0 bridgehead atoms. The summed E-state index contributed by atoms with van der Waals surface area (Å²) < 4.78 is 0.983. The molecule has 0 radical (unpaired) electrons. The zero-order chi connectivity index (χ0) is 20.3. The molecule has 2 unspecified atom stereocenters. The Bertz CT molecular complexity index is 1060. The molecule has 1 aromatic heterocycles. The zero-order valence-electron chi connectivity index (χ0n) is 14.9. The number of rotatable bonds is 6. The van der Waals surface area contributed by atoms with Gasteiger partial charge >= 0.3 is 5.69 Å². The maximum atomic E-state index is 12.7. The van der Waals surface area contributed by atoms with Crippen molar-refractivity contribution in [1.29, 1.82) is 0 Å². The average Bonchev–Trinajstić information content (AvgIpc) is 3.04. The van der Waals surface area contributed by atoms with E-state index in [1.54, 1.807) is 37.3 Å². The zero-order valence-corrected chi connectivity index (χ0v) is 16.4. The van der Waals surface area contributed by atoms with Crippen LogP contribution < -0.4 is 5.32 Å². The summed E-state index contributed by atoms with van der Waals surface area (Å²) in [6, 6.07) is 11.7. The molecule has 0 aliphatic heterocycles. The number of hydrogen-bond acceptors (Lipinski definition) is 4. The third-order valence-corrected chi connectivity index (χ3v) is 5.47. The molecule has 3 rings (SSSR count). The number of aliphatic hydroxyl groups is 1. The molecule has 1 heterocycles. The minimum Gasteiger partial charge on any atom is -0.392 e. The fourth-order valence-electron chi connectivity index (χ4n) is 2.94. The van der Waals surface area contributed by atoms with Crippen LogP contribution in [-0.2, 0) is 4.79 Å². The van der Waals surface area contributed by atoms with E-state index in [-0.39, 0.29) is 16.5 Å². The van der Waals surface area contributed by atoms with Gasteiger partial charge in [-0.15, -0.1) is 11.3 Å². The summed E-state index contributed by atoms with van der Waals surface area (Å²) in [6.45, 7) is 1.57. The Kier molecular flexibility index (Phi) is 6.08. The van der Waals surface area contributed by atoms with Gasteiger partial charge in [-0.25, -0.2) is 5.21 Å². The Hall–Kier alpha value is -2.74. The van der Waals surface area contributed by atoms with Crippen LogP contribution in [0.4, 0.5) is 5.69 Å². The van der Waals surface area contributed by atoms with Gasteiger partial charge in [-0.1, -0.05) is 23.7 Å². The van der Waals surface area contributed by atoms with Crippen LogP contribution in [0.25, 0.3) is 16.2 Å². The molecule has 2 aromatic carbocycles. The van der Waals surface area contributed by atoms with Gasteiger partial charge in [-0.05, 0) is 53.1 Å². The average molecular weight is 418 g/mol. The van der Waals surface area contributed by atoms with Crippen molar-refractivity contribution in [2.75, 3.05) is 0 Å². The lowest BCUT2D eigenvalue weighted by Gasteiger charge is -2.18. The smallest absolute Gasteiger partial charge is 0.317 e. The van der Waals surface area contributed by atoms with Gasteiger partial charge in [0.1, 0.15) is 0 Å². The number of thiophene rings is 1. The number of carbonyl (C=O) groups excluding carboxylic acids is 1. The second kappa shape index (κ2) is 8.52. The number of nitrogens with one attached hydrogen (secondary N) is 1. The second-order valence-electron chi connectivity index (χ2n) is 6.26. The first kappa shape index (κ1) is 20.0. The number of fused-ring (bicyclic) bond motifs is 1. The molecule has 0 aliphatic rings. The van der Waals surface area contributed by atoms with Crippen molar-refractivity contribution in [3.63, 3.8) is 0 Å². The highest BCUT2D eigenvalue weighted by Gasteiger charge is 2.27. The molecule has 6 nitrogen and oxygen atoms in total. The van der Waals surface area contributed by atoms with Gasteiger partial charge in [0.05, 0.1) is 16.9 Å². The number of nitrogens with zero attached hydrogens (tertiary/aromatic N) is 1. The predicted octanol–water partition coefficient (Wildman–Crippen LogP) is 4.61. The lowest BCUT2D eigenvalue weighted by Crippen LogP contribution is -2.31. The van der Waals surface area contributed by atoms with E-state index in [9.17, 15) is 14.8 Å².